The molecule has 0 atom stereocenters. The molecule has 3 rings (SSSR count). The summed E-state index contributed by atoms with van der Waals surface area (Å²) >= 11 is 1.30. The first-order valence-corrected chi connectivity index (χ1v) is 9.96. The minimum atomic E-state index is -1.07. The predicted molar refractivity (Wildman–Crippen MR) is 117 cm³/mol. The maximum absolute atomic E-state index is 12.7. The number of carbonyl (C=O) groups excluding carboxylic acids is 1. The minimum Gasteiger partial charge on any atom is -0.493 e. The SMILES string of the molecule is COc1cc(C=C2SC(=Nc3ccc(C)c(C)c3)N(C)C2=O)ccc1OCC(=O)O. The Kier molecular flexibility index (Phi) is 6.47. The van der Waals surface area contributed by atoms with Crippen LogP contribution in [0.2, 0.25) is 0 Å². The van der Waals surface area contributed by atoms with Crippen molar-refractivity contribution in [3.8, 4) is 11.5 Å². The molecule has 1 amide bonds. The summed E-state index contributed by atoms with van der Waals surface area (Å²) in [5, 5.41) is 9.36. The molecule has 1 fully saturated rings. The number of ether oxygens (including phenoxy) is 2. The third-order valence-electron chi connectivity index (χ3n) is 4.56. The molecule has 1 aliphatic rings. The molecular weight excluding hydrogens is 404 g/mol. The van der Waals surface area contributed by atoms with E-state index < -0.39 is 12.6 Å². The fourth-order valence-corrected chi connectivity index (χ4v) is 3.73. The molecule has 0 spiro atoms. The quantitative estimate of drug-likeness (QED) is 0.702. The average molecular weight is 426 g/mol. The summed E-state index contributed by atoms with van der Waals surface area (Å²) in [6, 6.07) is 11.0. The summed E-state index contributed by atoms with van der Waals surface area (Å²) in [6.07, 6.45) is 1.75. The predicted octanol–water partition coefficient (Wildman–Crippen LogP) is 4.01. The minimum absolute atomic E-state index is 0.146. The third kappa shape index (κ3) is 4.83. The summed E-state index contributed by atoms with van der Waals surface area (Å²) < 4.78 is 10.5. The maximum Gasteiger partial charge on any atom is 0.341 e. The van der Waals surface area contributed by atoms with E-state index in [0.29, 0.717) is 21.6 Å². The number of aryl methyl sites for hydroxylation is 2. The molecule has 2 aromatic rings. The molecular formula is C22H22N2O5S. The van der Waals surface area contributed by atoms with Crippen LogP contribution >= 0.6 is 11.8 Å². The van der Waals surface area contributed by atoms with E-state index in [1.54, 1.807) is 31.3 Å². The second-order valence-electron chi connectivity index (χ2n) is 6.73. The number of aliphatic imine (C=N–C) groups is 1. The van der Waals surface area contributed by atoms with Gasteiger partial charge in [0.15, 0.2) is 23.3 Å². The van der Waals surface area contributed by atoms with Gasteiger partial charge < -0.3 is 14.6 Å². The second kappa shape index (κ2) is 9.04. The van der Waals surface area contributed by atoms with E-state index in [1.807, 2.05) is 32.0 Å². The van der Waals surface area contributed by atoms with Crippen LogP contribution in [-0.4, -0.2) is 47.8 Å². The van der Waals surface area contributed by atoms with Gasteiger partial charge in [0.2, 0.25) is 0 Å². The molecule has 0 radical (unpaired) electrons. The van der Waals surface area contributed by atoms with Crippen LogP contribution in [0.15, 0.2) is 46.3 Å². The zero-order valence-corrected chi connectivity index (χ0v) is 17.9. The number of carboxylic acids is 1. The molecule has 1 heterocycles. The standard InChI is InChI=1S/C22H22N2O5S/c1-13-5-7-16(9-14(13)2)23-22-24(3)21(27)19(30-22)11-15-6-8-17(18(10-15)28-4)29-12-20(25)26/h5-11H,12H2,1-4H3,(H,25,26). The zero-order chi connectivity index (χ0) is 21.8. The molecule has 1 saturated heterocycles. The maximum atomic E-state index is 12.7. The van der Waals surface area contributed by atoms with E-state index in [0.717, 1.165) is 16.8 Å². The van der Waals surface area contributed by atoms with Crippen molar-refractivity contribution in [1.82, 2.24) is 4.90 Å². The Morgan fingerprint density at radius 1 is 1.17 bits per heavy atom. The van der Waals surface area contributed by atoms with Gasteiger partial charge in [0.1, 0.15) is 0 Å². The normalized spacial score (nSPS) is 16.4. The van der Waals surface area contributed by atoms with E-state index in [1.165, 1.54) is 29.3 Å². The van der Waals surface area contributed by atoms with Gasteiger partial charge in [-0.2, -0.15) is 0 Å². The van der Waals surface area contributed by atoms with Gasteiger partial charge in [-0.15, -0.1) is 0 Å². The molecule has 30 heavy (non-hydrogen) atoms. The van der Waals surface area contributed by atoms with Gasteiger partial charge in [0, 0.05) is 7.05 Å². The van der Waals surface area contributed by atoms with Crippen LogP contribution in [0, 0.1) is 13.8 Å². The van der Waals surface area contributed by atoms with Crippen molar-refractivity contribution in [3.63, 3.8) is 0 Å². The van der Waals surface area contributed by atoms with Gasteiger partial charge in [-0.1, -0.05) is 12.1 Å². The Bertz CT molecular complexity index is 1060. The number of amidine groups is 1. The molecule has 7 nitrogen and oxygen atoms in total. The number of likely N-dealkylation sites (N-methyl/N-ethyl adjacent to an activating group) is 1. The summed E-state index contributed by atoms with van der Waals surface area (Å²) in [5.74, 6) is -0.512. The Morgan fingerprint density at radius 3 is 2.60 bits per heavy atom. The lowest BCUT2D eigenvalue weighted by Crippen LogP contribution is -2.23. The number of benzene rings is 2. The molecule has 0 aliphatic carbocycles. The number of carbonyl (C=O) groups is 2. The van der Waals surface area contributed by atoms with E-state index in [4.69, 9.17) is 14.6 Å². The molecule has 156 valence electrons. The molecule has 1 aliphatic heterocycles. The number of hydrogen-bond acceptors (Lipinski definition) is 6. The van der Waals surface area contributed by atoms with Crippen LogP contribution in [0.3, 0.4) is 0 Å². The topological polar surface area (TPSA) is 88.4 Å². The van der Waals surface area contributed by atoms with Crippen LogP contribution in [0.5, 0.6) is 11.5 Å². The van der Waals surface area contributed by atoms with Gasteiger partial charge >= 0.3 is 5.97 Å². The van der Waals surface area contributed by atoms with Gasteiger partial charge in [-0.3, -0.25) is 9.69 Å². The van der Waals surface area contributed by atoms with Crippen molar-refractivity contribution in [1.29, 1.82) is 0 Å². The average Bonchev–Trinajstić information content (AvgIpc) is 2.97. The number of thioether (sulfide) groups is 1. The van der Waals surface area contributed by atoms with Gasteiger partial charge in [0.25, 0.3) is 5.91 Å². The second-order valence-corrected chi connectivity index (χ2v) is 7.74. The summed E-state index contributed by atoms with van der Waals surface area (Å²) in [5.41, 5.74) is 3.85. The highest BCUT2D eigenvalue weighted by Crippen LogP contribution is 2.35. The number of carboxylic acid groups (broad SMARTS) is 1. The van der Waals surface area contributed by atoms with Gasteiger partial charge in [-0.25, -0.2) is 9.79 Å². The molecule has 8 heteroatoms. The van der Waals surface area contributed by atoms with Crippen LogP contribution in [0.1, 0.15) is 16.7 Å². The Balaban J connectivity index is 1.85. The van der Waals surface area contributed by atoms with Crippen molar-refractivity contribution < 1.29 is 24.2 Å². The lowest BCUT2D eigenvalue weighted by molar-refractivity contribution is -0.139. The largest absolute Gasteiger partial charge is 0.493 e. The Labute approximate surface area is 179 Å². The Morgan fingerprint density at radius 2 is 1.93 bits per heavy atom. The van der Waals surface area contributed by atoms with Crippen LogP contribution < -0.4 is 9.47 Å². The van der Waals surface area contributed by atoms with Crippen LogP contribution in [-0.2, 0) is 9.59 Å². The zero-order valence-electron chi connectivity index (χ0n) is 17.1. The summed E-state index contributed by atoms with van der Waals surface area (Å²) in [4.78, 5) is 30.0. The first kappa shape index (κ1) is 21.4. The van der Waals surface area contributed by atoms with Crippen molar-refractivity contribution in [2.45, 2.75) is 13.8 Å². The summed E-state index contributed by atoms with van der Waals surface area (Å²) in [7, 11) is 3.16. The lowest BCUT2D eigenvalue weighted by atomic mass is 10.1. The number of aliphatic carboxylic acids is 1. The molecule has 0 aromatic heterocycles. The monoisotopic (exact) mass is 426 g/mol. The number of methoxy groups -OCH3 is 1. The molecule has 2 aromatic carbocycles. The third-order valence-corrected chi connectivity index (χ3v) is 5.62. The highest BCUT2D eigenvalue weighted by Gasteiger charge is 2.30. The van der Waals surface area contributed by atoms with E-state index >= 15 is 0 Å². The fourth-order valence-electron chi connectivity index (χ4n) is 2.74. The lowest BCUT2D eigenvalue weighted by Gasteiger charge is -2.10. The first-order valence-electron chi connectivity index (χ1n) is 9.14. The van der Waals surface area contributed by atoms with Crippen molar-refractivity contribution in [3.05, 3.63) is 58.0 Å². The van der Waals surface area contributed by atoms with Gasteiger partial charge in [-0.05, 0) is 72.6 Å². The van der Waals surface area contributed by atoms with Crippen molar-refractivity contribution in [2.75, 3.05) is 20.8 Å². The highest BCUT2D eigenvalue weighted by atomic mass is 32.2. The molecule has 1 N–H and O–H groups in total. The van der Waals surface area contributed by atoms with E-state index in [9.17, 15) is 9.59 Å². The van der Waals surface area contributed by atoms with Crippen molar-refractivity contribution >= 4 is 40.6 Å². The summed E-state index contributed by atoms with van der Waals surface area (Å²) in [6.45, 7) is 3.60. The fraction of sp³-hybridized carbons (Fsp3) is 0.227. The number of nitrogens with zero attached hydrogens (tertiary/aromatic N) is 2. The van der Waals surface area contributed by atoms with Crippen molar-refractivity contribution in [2.24, 2.45) is 4.99 Å². The first-order chi connectivity index (χ1) is 14.3. The smallest absolute Gasteiger partial charge is 0.341 e. The Hall–Kier alpha value is -3.26. The van der Waals surface area contributed by atoms with E-state index in [-0.39, 0.29) is 5.91 Å². The molecule has 0 bridgehead atoms. The van der Waals surface area contributed by atoms with Gasteiger partial charge in [0.05, 0.1) is 17.7 Å². The highest BCUT2D eigenvalue weighted by molar-refractivity contribution is 8.18. The number of rotatable bonds is 6. The number of amides is 1. The van der Waals surface area contributed by atoms with Crippen LogP contribution in [0.4, 0.5) is 5.69 Å². The molecule has 0 unspecified atom stereocenters. The number of hydrogen-bond donors (Lipinski definition) is 1. The van der Waals surface area contributed by atoms with Crippen LogP contribution in [0.25, 0.3) is 6.08 Å². The molecule has 0 saturated carbocycles. The van der Waals surface area contributed by atoms with E-state index in [2.05, 4.69) is 4.99 Å².